The normalized spacial score (nSPS) is 14.8. The Morgan fingerprint density at radius 1 is 0.440 bits per heavy atom. The summed E-state index contributed by atoms with van der Waals surface area (Å²) in [5.41, 5.74) is 28.6. The third kappa shape index (κ3) is 37.9. The SMILES string of the molecule is CC[C@H](C)[C@H](NC(=O)[C@@H](N)Cc1ccccc1)C(=O)N[C@H](C(=O)NCC(=O)N[C@@H](CC(=O)O)C(=O)N[C@@H](CCC(=O)O)C(=O)N[C@@H](CCCN=C(N)N)C(=O)N[C@H](C(=O)N[C@H](C(=O)N[C@@H](C)C(=O)N[C@@H](CC(=O)O)C(=O)NCC(=O)N[C@@H](CCCN=C(N)N)C(=O)N[C@@H](CCSC)C(=O)O)[C@@H](C)O)C(C)C)C(C)C. The average molecular weight is 1570 g/mol. The van der Waals surface area contributed by atoms with Gasteiger partial charge in [0, 0.05) is 19.5 Å². The Hall–Kier alpha value is -11.0. The van der Waals surface area contributed by atoms with Crippen LogP contribution in [-0.4, -0.2) is 255 Å². The minimum Gasteiger partial charge on any atom is -0.481 e. The molecule has 1 rings (SSSR count). The maximum absolute atomic E-state index is 14.3. The van der Waals surface area contributed by atoms with Gasteiger partial charge in [-0.2, -0.15) is 11.8 Å². The van der Waals surface area contributed by atoms with Gasteiger partial charge in [0.15, 0.2) is 11.9 Å². The predicted octanol–water partition coefficient (Wildman–Crippen LogP) is -7.36. The molecule has 0 spiro atoms. The van der Waals surface area contributed by atoms with Gasteiger partial charge in [-0.05, 0) is 94.1 Å². The zero-order valence-corrected chi connectivity index (χ0v) is 63.1. The van der Waals surface area contributed by atoms with Crippen LogP contribution in [0.15, 0.2) is 40.3 Å². The molecule has 0 fully saturated rings. The van der Waals surface area contributed by atoms with Gasteiger partial charge in [-0.25, -0.2) is 4.79 Å². The van der Waals surface area contributed by atoms with Crippen LogP contribution in [0.5, 0.6) is 0 Å². The summed E-state index contributed by atoms with van der Waals surface area (Å²) in [6, 6.07) is -10.2. The van der Waals surface area contributed by atoms with E-state index in [2.05, 4.69) is 79.1 Å². The standard InChI is InChI=1S/C66H108N20O22S/c1-10-33(6)51(85-54(97)37(67)26-36-16-12-11-13-17-36)62(105)84-49(31(2)3)60(103)75-30-45(89)78-43(28-48(94)95)59(102)80-40(20-21-46(90)91)57(100)79-39(19-15-24-73-66(70)71)58(101)83-50(32(4)5)61(104)86-52(35(8)87)63(106)76-34(7)53(96)82-42(27-47(92)93)55(98)74-29-44(88)77-38(18-14-23-72-65(68)69)56(99)81-41(64(107)108)22-25-109-9/h11-13,16-17,31-35,37-43,49-52,87H,10,14-15,18-30,67H2,1-9H3,(H,74,98)(H,75,103)(H,76,106)(H,77,88)(H,78,89)(H,79,100)(H,80,102)(H,81,99)(H,82,96)(H,83,101)(H,84,105)(H,85,97)(H,86,104)(H,90,91)(H,92,93)(H,94,95)(H,107,108)(H4,68,69,72)(H4,70,71,73)/t33-,34-,35+,37-,38-,39-,40-,41-,42-,43-,49-,50-,51-,52-/m0/s1. The Bertz CT molecular complexity index is 3360. The van der Waals surface area contributed by atoms with Gasteiger partial charge in [0.25, 0.3) is 0 Å². The summed E-state index contributed by atoms with van der Waals surface area (Å²) in [4.78, 5) is 233. The maximum atomic E-state index is 14.3. The Labute approximate surface area is 633 Å². The highest BCUT2D eigenvalue weighted by molar-refractivity contribution is 7.98. The summed E-state index contributed by atoms with van der Waals surface area (Å²) in [6.07, 6.45) is -3.72. The number of aliphatic imine (C=N–C) groups is 2. The van der Waals surface area contributed by atoms with Crippen LogP contribution in [-0.2, 0) is 87.9 Å². The van der Waals surface area contributed by atoms with Gasteiger partial charge in [0.2, 0.25) is 76.8 Å². The van der Waals surface area contributed by atoms with Crippen LogP contribution in [0.4, 0.5) is 0 Å². The van der Waals surface area contributed by atoms with Crippen molar-refractivity contribution in [3.05, 3.63) is 35.9 Å². The second-order valence-electron chi connectivity index (χ2n) is 26.2. The van der Waals surface area contributed by atoms with Crippen molar-refractivity contribution in [2.45, 2.75) is 205 Å². The molecule has 13 amide bonds. The molecule has 0 radical (unpaired) electrons. The molecule has 0 aliphatic carbocycles. The highest BCUT2D eigenvalue weighted by atomic mass is 32.2. The first-order chi connectivity index (χ1) is 51.0. The molecule has 0 aromatic heterocycles. The van der Waals surface area contributed by atoms with Crippen molar-refractivity contribution >= 4 is 124 Å². The molecule has 42 nitrogen and oxygen atoms in total. The van der Waals surface area contributed by atoms with E-state index in [9.17, 15) is 107 Å². The van der Waals surface area contributed by atoms with Crippen molar-refractivity contribution < 1.29 is 107 Å². The molecular formula is C66H108N20O22S. The molecule has 0 saturated carbocycles. The Morgan fingerprint density at radius 2 is 0.844 bits per heavy atom. The molecule has 0 aliphatic heterocycles. The molecule has 109 heavy (non-hydrogen) atoms. The van der Waals surface area contributed by atoms with Gasteiger partial charge in [0.05, 0.1) is 38.1 Å². The van der Waals surface area contributed by atoms with Crippen LogP contribution < -0.4 is 97.8 Å². The number of nitrogens with two attached hydrogens (primary N) is 5. The van der Waals surface area contributed by atoms with Crippen molar-refractivity contribution in [1.29, 1.82) is 0 Å². The van der Waals surface area contributed by atoms with E-state index in [1.165, 1.54) is 25.6 Å². The molecule has 0 aliphatic rings. The van der Waals surface area contributed by atoms with Crippen molar-refractivity contribution in [3.8, 4) is 0 Å². The molecular weight excluding hydrogens is 1460 g/mol. The van der Waals surface area contributed by atoms with Crippen LogP contribution in [0.2, 0.25) is 0 Å². The van der Waals surface area contributed by atoms with Gasteiger partial charge >= 0.3 is 23.9 Å². The van der Waals surface area contributed by atoms with Crippen LogP contribution in [0.3, 0.4) is 0 Å². The third-order valence-corrected chi connectivity index (χ3v) is 16.9. The summed E-state index contributed by atoms with van der Waals surface area (Å²) in [7, 11) is 0. The number of benzene rings is 1. The molecule has 43 heteroatoms. The number of thioether (sulfide) groups is 1. The van der Waals surface area contributed by atoms with E-state index < -0.39 is 236 Å². The molecule has 28 N–H and O–H groups in total. The number of guanidine groups is 2. The Morgan fingerprint density at radius 3 is 1.31 bits per heavy atom. The van der Waals surface area contributed by atoms with Crippen molar-refractivity contribution in [2.75, 3.05) is 38.2 Å². The first-order valence-corrected chi connectivity index (χ1v) is 36.3. The van der Waals surface area contributed by atoms with Gasteiger partial charge in [-0.15, -0.1) is 0 Å². The first-order valence-electron chi connectivity index (χ1n) is 34.9. The predicted molar refractivity (Wildman–Crippen MR) is 394 cm³/mol. The van der Waals surface area contributed by atoms with Crippen molar-refractivity contribution in [2.24, 2.45) is 56.4 Å². The minimum atomic E-state index is -2.03. The number of carboxylic acid groups (broad SMARTS) is 4. The van der Waals surface area contributed by atoms with E-state index >= 15 is 0 Å². The highest BCUT2D eigenvalue weighted by Gasteiger charge is 2.38. The highest BCUT2D eigenvalue weighted by Crippen LogP contribution is 2.14. The third-order valence-electron chi connectivity index (χ3n) is 16.3. The molecule has 0 bridgehead atoms. The van der Waals surface area contributed by atoms with E-state index in [1.807, 2.05) is 0 Å². The van der Waals surface area contributed by atoms with Gasteiger partial charge in [-0.3, -0.25) is 86.7 Å². The topological polar surface area (TPSA) is 703 Å². The fourth-order valence-electron chi connectivity index (χ4n) is 10.0. The zero-order valence-electron chi connectivity index (χ0n) is 62.3. The van der Waals surface area contributed by atoms with E-state index in [4.69, 9.17) is 28.7 Å². The fourth-order valence-corrected chi connectivity index (χ4v) is 10.5. The number of rotatable bonds is 52. The minimum absolute atomic E-state index is 0.00267. The molecule has 1 aromatic rings. The lowest BCUT2D eigenvalue weighted by molar-refractivity contribution is -0.142. The van der Waals surface area contributed by atoms with Crippen LogP contribution in [0.25, 0.3) is 0 Å². The van der Waals surface area contributed by atoms with E-state index in [0.717, 1.165) is 19.4 Å². The molecule has 0 saturated heterocycles. The maximum Gasteiger partial charge on any atom is 0.326 e. The monoisotopic (exact) mass is 1560 g/mol. The van der Waals surface area contributed by atoms with Crippen LogP contribution >= 0.6 is 11.8 Å². The van der Waals surface area contributed by atoms with Gasteiger partial charge in [-0.1, -0.05) is 78.3 Å². The lowest BCUT2D eigenvalue weighted by Gasteiger charge is -2.29. The number of aliphatic carboxylic acids is 4. The molecule has 14 atom stereocenters. The number of carbonyl (C=O) groups is 17. The second-order valence-corrected chi connectivity index (χ2v) is 27.1. The lowest BCUT2D eigenvalue weighted by Crippen LogP contribution is -2.62. The van der Waals surface area contributed by atoms with Gasteiger partial charge < -0.3 is 123 Å². The van der Waals surface area contributed by atoms with Crippen LogP contribution in [0.1, 0.15) is 125 Å². The zero-order chi connectivity index (χ0) is 82.9. The number of carboxylic acids is 4. The summed E-state index contributed by atoms with van der Waals surface area (Å²) in [5.74, 6) is -22.4. The molecule has 610 valence electrons. The lowest BCUT2D eigenvalue weighted by atomic mass is 9.95. The van der Waals surface area contributed by atoms with Crippen molar-refractivity contribution in [1.82, 2.24) is 69.1 Å². The molecule has 1 aromatic carbocycles. The Kier molecular flexibility index (Phi) is 43.9. The summed E-state index contributed by atoms with van der Waals surface area (Å²) >= 11 is 1.32. The number of amides is 13. The largest absolute Gasteiger partial charge is 0.481 e. The number of hydrogen-bond donors (Lipinski definition) is 23. The first kappa shape index (κ1) is 96.0. The van der Waals surface area contributed by atoms with E-state index in [1.54, 1.807) is 64.3 Å². The van der Waals surface area contributed by atoms with E-state index in [-0.39, 0.29) is 63.5 Å². The average Bonchev–Trinajstić information content (AvgIpc) is 0.850. The van der Waals surface area contributed by atoms with E-state index in [0.29, 0.717) is 12.2 Å². The summed E-state index contributed by atoms with van der Waals surface area (Å²) in [6.45, 7) is 9.59. The number of nitrogens with one attached hydrogen (secondary N) is 13. The number of carbonyl (C=O) groups excluding carboxylic acids is 13. The summed E-state index contributed by atoms with van der Waals surface area (Å²) < 4.78 is 0. The quantitative estimate of drug-likeness (QED) is 0.0164. The number of nitrogens with zero attached hydrogens (tertiary/aromatic N) is 2. The smallest absolute Gasteiger partial charge is 0.326 e. The van der Waals surface area contributed by atoms with Gasteiger partial charge in [0.1, 0.15) is 66.5 Å². The van der Waals surface area contributed by atoms with Crippen molar-refractivity contribution in [3.63, 3.8) is 0 Å². The summed E-state index contributed by atoms with van der Waals surface area (Å²) in [5, 5.41) is 79.7. The second kappa shape index (κ2) is 49.8. The molecule has 0 unspecified atom stereocenters. The van der Waals surface area contributed by atoms with Crippen LogP contribution in [0, 0.1) is 17.8 Å². The number of hydrogen-bond acceptors (Lipinski definition) is 22. The number of aliphatic hydroxyl groups is 1. The number of aliphatic hydroxyl groups excluding tert-OH is 1. The Balaban J connectivity index is 3.39. The fraction of sp³-hybridized carbons (Fsp3) is 0.621. The molecule has 0 heterocycles.